The first-order chi connectivity index (χ1) is 51.3. The van der Waals surface area contributed by atoms with Gasteiger partial charge in [0.1, 0.15) is 47.5 Å². The summed E-state index contributed by atoms with van der Waals surface area (Å²) >= 11 is 0. The predicted octanol–water partition coefficient (Wildman–Crippen LogP) is 20.7. The van der Waals surface area contributed by atoms with E-state index < -0.39 is 0 Å². The number of ether oxygens (including phenoxy) is 4. The molecule has 32 rings (SSSR count). The van der Waals surface area contributed by atoms with Crippen LogP contribution in [0, 0.1) is 185 Å². The van der Waals surface area contributed by atoms with E-state index in [-0.39, 0.29) is 139 Å². The molecule has 16 aliphatic heterocycles. The van der Waals surface area contributed by atoms with Crippen molar-refractivity contribution in [2.75, 3.05) is 0 Å². The molecule has 0 aromatic carbocycles. The average molecular weight is 1490 g/mol. The van der Waals surface area contributed by atoms with Gasteiger partial charge in [-0.15, -0.1) is 0 Å². The van der Waals surface area contributed by atoms with Gasteiger partial charge in [0.05, 0.1) is 0 Å². The number of ketones is 4. The Morgan fingerprint density at radius 1 is 0.231 bits per heavy atom. The minimum atomic E-state index is -0.374. The largest absolute Gasteiger partial charge is 0.462 e. The van der Waals surface area contributed by atoms with Crippen LogP contribution in [-0.4, -0.2) is 71.4 Å². The number of hydrogen-bond acceptors (Lipinski definition) is 12. The highest BCUT2D eigenvalue weighted by atomic mass is 16.6. The molecule has 12 nitrogen and oxygen atoms in total. The molecule has 16 aliphatic carbocycles. The van der Waals surface area contributed by atoms with Gasteiger partial charge in [-0.1, -0.05) is 83.1 Å². The van der Waals surface area contributed by atoms with Crippen molar-refractivity contribution in [3.63, 3.8) is 0 Å². The Morgan fingerprint density at radius 3 is 0.630 bits per heavy atom. The molecule has 36 atom stereocenters. The summed E-state index contributed by atoms with van der Waals surface area (Å²) in [6.07, 6.45) is 35.2. The number of esters is 4. The molecule has 16 saturated heterocycles. The first-order valence-electron chi connectivity index (χ1n) is 46.3. The van der Waals surface area contributed by atoms with Crippen molar-refractivity contribution < 1.29 is 57.3 Å². The standard InChI is InChI=1S/C96H144O12/c1-53-13-33-85(101)105-61-37-41-90(6)58(45-61)18-22-66-74-30-26-70(94(74,10)82(98)50-78(66)90)55(3)15-35-87(103)107-63-39-43-92(8)60(47-63)20-24-68-76-32-28-72(96(76,12)84(100)52-80(68)92)56(4)16-36-88(104)108-64-40-44-91(7)59(48-64)19-23-67-75-31-27-71(95(75,11)83(99)51-79(67)91)54(2)14-34-86(102)106-62-38-42-89(5)57(46-62)17-21-65-73-29-25-69(53)93(73,9)81(97)49-77(65)89/h53-80H,13-52H2,1-12H3/t53-,54-,55-,56-,57-,58-,59-,60-,61-,62-,63-,64-,65+,66+,67+,68+,69-,70-,71-,72-,73+,74+,75+,76+,77+,78+,79+,80+,89+,90+,91+,92+,93-,94-,95-,96-/m1/s1. The maximum atomic E-state index is 15.0. The molecule has 108 heavy (non-hydrogen) atoms. The number of carbonyl (C=O) groups excluding carboxylic acids is 8. The van der Waals surface area contributed by atoms with Gasteiger partial charge in [-0.25, -0.2) is 0 Å². The fraction of sp³-hybridized carbons (Fsp3) is 0.917. The molecule has 32 aliphatic rings. The van der Waals surface area contributed by atoms with Crippen LogP contribution in [-0.2, 0) is 57.3 Å². The molecule has 0 amide bonds. The molecule has 16 saturated carbocycles. The Hall–Kier alpha value is -3.44. The second-order valence-corrected chi connectivity index (χ2v) is 44.6. The molecular weight excluding hydrogens is 1350 g/mol. The summed E-state index contributed by atoms with van der Waals surface area (Å²) in [7, 11) is 0. The van der Waals surface area contributed by atoms with Crippen LogP contribution in [0.2, 0.25) is 0 Å². The second-order valence-electron chi connectivity index (χ2n) is 44.6. The Balaban J connectivity index is 0.552. The zero-order valence-electron chi connectivity index (χ0n) is 69.3. The monoisotopic (exact) mass is 1490 g/mol. The van der Waals surface area contributed by atoms with Crippen LogP contribution < -0.4 is 0 Å². The van der Waals surface area contributed by atoms with Gasteiger partial charge in [0.25, 0.3) is 0 Å². The Morgan fingerprint density at radius 2 is 0.426 bits per heavy atom. The maximum Gasteiger partial charge on any atom is 0.306 e. The molecule has 0 unspecified atom stereocenters. The first kappa shape index (κ1) is 77.2. The van der Waals surface area contributed by atoms with Crippen molar-refractivity contribution in [2.45, 2.75) is 364 Å². The zero-order valence-corrected chi connectivity index (χ0v) is 69.3. The van der Waals surface area contributed by atoms with Gasteiger partial charge in [0.2, 0.25) is 0 Å². The predicted molar refractivity (Wildman–Crippen MR) is 416 cm³/mol. The summed E-state index contributed by atoms with van der Waals surface area (Å²) in [5, 5.41) is 0. The molecule has 32 fully saturated rings. The van der Waals surface area contributed by atoms with Crippen LogP contribution in [0.5, 0.6) is 0 Å². The molecule has 12 heteroatoms. The van der Waals surface area contributed by atoms with Crippen LogP contribution >= 0.6 is 0 Å². The number of Topliss-reactive ketones (excluding diaryl/α,β-unsaturated/α-hetero) is 4. The third-order valence-electron chi connectivity index (χ3n) is 41.4. The van der Waals surface area contributed by atoms with E-state index in [0.29, 0.717) is 169 Å². The first-order valence-corrected chi connectivity index (χ1v) is 46.3. The van der Waals surface area contributed by atoms with E-state index in [1.807, 2.05) is 0 Å². The van der Waals surface area contributed by atoms with E-state index in [1.165, 1.54) is 0 Å². The summed E-state index contributed by atoms with van der Waals surface area (Å²) in [4.78, 5) is 116. The second kappa shape index (κ2) is 28.2. The van der Waals surface area contributed by atoms with Gasteiger partial charge in [0, 0.05) is 73.0 Å². The van der Waals surface area contributed by atoms with Crippen LogP contribution in [0.3, 0.4) is 0 Å². The van der Waals surface area contributed by atoms with Crippen LogP contribution in [0.4, 0.5) is 0 Å². The van der Waals surface area contributed by atoms with Crippen molar-refractivity contribution in [3.05, 3.63) is 0 Å². The lowest BCUT2D eigenvalue weighted by molar-refractivity contribution is -0.169. The fourth-order valence-corrected chi connectivity index (χ4v) is 35.1. The lowest BCUT2D eigenvalue weighted by atomic mass is 9.44. The summed E-state index contributed by atoms with van der Waals surface area (Å²) < 4.78 is 25.9. The Bertz CT molecular complexity index is 3070. The van der Waals surface area contributed by atoms with Gasteiger partial charge in [0.15, 0.2) is 0 Å². The van der Waals surface area contributed by atoms with E-state index >= 15 is 19.2 Å². The number of rotatable bonds is 0. The highest BCUT2D eigenvalue weighted by Crippen LogP contribution is 2.73. The average Bonchev–Trinajstić information content (AvgIpc) is 1.42. The molecule has 0 N–H and O–H groups in total. The smallest absolute Gasteiger partial charge is 0.306 e. The lowest BCUT2D eigenvalue weighted by Gasteiger charge is -2.60. The molecule has 600 valence electrons. The third kappa shape index (κ3) is 12.0. The van der Waals surface area contributed by atoms with Gasteiger partial charge >= 0.3 is 23.9 Å². The fourth-order valence-electron chi connectivity index (χ4n) is 35.1. The summed E-state index contributed by atoms with van der Waals surface area (Å²) in [6, 6.07) is 0. The molecule has 0 spiro atoms. The number of carbonyl (C=O) groups is 8. The van der Waals surface area contributed by atoms with Crippen LogP contribution in [0.15, 0.2) is 0 Å². The molecule has 0 aromatic heterocycles. The molecule has 0 aromatic rings. The van der Waals surface area contributed by atoms with Gasteiger partial charge in [-0.3, -0.25) is 38.4 Å². The van der Waals surface area contributed by atoms with Gasteiger partial charge in [-0.2, -0.15) is 0 Å². The summed E-state index contributed by atoms with van der Waals surface area (Å²) in [5.41, 5.74) is -1.32. The van der Waals surface area contributed by atoms with Crippen molar-refractivity contribution >= 4 is 47.0 Å². The minimum Gasteiger partial charge on any atom is -0.462 e. The van der Waals surface area contributed by atoms with Crippen molar-refractivity contribution in [3.8, 4) is 0 Å². The van der Waals surface area contributed by atoms with Crippen LogP contribution in [0.25, 0.3) is 0 Å². The van der Waals surface area contributed by atoms with Crippen LogP contribution in [0.1, 0.15) is 340 Å². The van der Waals surface area contributed by atoms with E-state index in [1.54, 1.807) is 0 Å². The Labute approximate surface area is 650 Å². The SMILES string of the molecule is C[C@@H]1CCC(=O)O[C@@H]2CC[C@@]3(C)[C@H](CC[C@@H]4[C@@H]3CC(=O)[C@]3(C)[C@H](CC[C@@H]43)[C@H](C)CCC(=O)O[C@@H]3CC[C@@]4(C)[C@H](CC[C@@H]5[C@@H]4CC(=O)[C@]4(C)[C@H](CC[C@@H]54)[C@H](C)CCC(=O)O[C@@H]4CC[C@@]5(C)[C@H](CC[C@@H]6[C@@H]5CC(=O)[C@]5(C)[C@H](CC[C@@H]65)[C@H](C)CCC(=O)O[C@@H]5CC[C@@]6(C)[C@H](CC[C@@H]7[C@@H]6CC(=O)[C@]6(C)[C@@H]1CC[C@@H]76)C5)C4)C3)C2. The topological polar surface area (TPSA) is 173 Å². The van der Waals surface area contributed by atoms with E-state index in [2.05, 4.69) is 83.1 Å². The highest BCUT2D eigenvalue weighted by molar-refractivity contribution is 5.89. The maximum absolute atomic E-state index is 15.0. The van der Waals surface area contributed by atoms with Crippen molar-refractivity contribution in [1.82, 2.24) is 0 Å². The third-order valence-corrected chi connectivity index (χ3v) is 41.4. The molecule has 0 radical (unpaired) electrons. The molecular formula is C96H144O12. The number of hydrogen-bond donors (Lipinski definition) is 0. The highest BCUT2D eigenvalue weighted by Gasteiger charge is 2.70. The zero-order chi connectivity index (χ0) is 75.9. The van der Waals surface area contributed by atoms with Gasteiger partial charge < -0.3 is 18.9 Å². The van der Waals surface area contributed by atoms with E-state index in [0.717, 1.165) is 205 Å². The molecule has 32 bridgehead atoms. The van der Waals surface area contributed by atoms with Crippen molar-refractivity contribution in [2.24, 2.45) is 185 Å². The van der Waals surface area contributed by atoms with Crippen molar-refractivity contribution in [1.29, 1.82) is 0 Å². The molecule has 16 heterocycles. The summed E-state index contributed by atoms with van der Waals surface area (Å²) in [5.74, 6) is 10.1. The Kier molecular flexibility index (Phi) is 20.1. The van der Waals surface area contributed by atoms with Gasteiger partial charge in [-0.05, 0) is 369 Å². The summed E-state index contributed by atoms with van der Waals surface area (Å²) in [6.45, 7) is 28.5. The quantitative estimate of drug-likeness (QED) is 0.166. The van der Waals surface area contributed by atoms with E-state index in [4.69, 9.17) is 18.9 Å². The lowest BCUT2D eigenvalue weighted by Crippen LogP contribution is -2.57. The minimum absolute atomic E-state index is 0.0447. The normalized spacial score (nSPS) is 54.9. The van der Waals surface area contributed by atoms with E-state index in [9.17, 15) is 19.2 Å².